The van der Waals surface area contributed by atoms with E-state index in [4.69, 9.17) is 9.47 Å². The Balaban J connectivity index is 1.92. The fourth-order valence-corrected chi connectivity index (χ4v) is 2.44. The first-order valence-corrected chi connectivity index (χ1v) is 8.11. The minimum atomic E-state index is -0.493. The number of nitrogens with zero attached hydrogens (tertiary/aromatic N) is 2. The standard InChI is InChI=1S/C19H18N2O5/c1-3-17(23)26-18-14(22)9-6-10-15(18)25-11-16-20-13-8-5-4-7-12(13)19(24)21(16)2/h4-10,22H,3,11H2,1-2H3. The second kappa shape index (κ2) is 7.26. The number of benzene rings is 2. The molecule has 0 fully saturated rings. The first kappa shape index (κ1) is 17.5. The summed E-state index contributed by atoms with van der Waals surface area (Å²) in [6, 6.07) is 11.6. The fraction of sp³-hybridized carbons (Fsp3) is 0.211. The van der Waals surface area contributed by atoms with Crippen LogP contribution in [-0.2, 0) is 18.4 Å². The minimum Gasteiger partial charge on any atom is -0.504 e. The smallest absolute Gasteiger partial charge is 0.311 e. The Morgan fingerprint density at radius 1 is 1.19 bits per heavy atom. The molecule has 0 spiro atoms. The quantitative estimate of drug-likeness (QED) is 0.559. The molecule has 0 bridgehead atoms. The monoisotopic (exact) mass is 354 g/mol. The Labute approximate surface area is 149 Å². The predicted octanol–water partition coefficient (Wildman–Crippen LogP) is 2.53. The van der Waals surface area contributed by atoms with Crippen molar-refractivity contribution in [2.75, 3.05) is 0 Å². The van der Waals surface area contributed by atoms with Gasteiger partial charge in [-0.15, -0.1) is 0 Å². The molecular weight excluding hydrogens is 336 g/mol. The van der Waals surface area contributed by atoms with Crippen molar-refractivity contribution in [2.24, 2.45) is 7.05 Å². The summed E-state index contributed by atoms with van der Waals surface area (Å²) in [6.07, 6.45) is 0.161. The van der Waals surface area contributed by atoms with Gasteiger partial charge in [0.15, 0.2) is 11.5 Å². The zero-order chi connectivity index (χ0) is 18.7. The van der Waals surface area contributed by atoms with Crippen LogP contribution in [0.5, 0.6) is 17.2 Å². The Morgan fingerprint density at radius 2 is 1.96 bits per heavy atom. The summed E-state index contributed by atoms with van der Waals surface area (Å²) in [5, 5.41) is 10.5. The van der Waals surface area contributed by atoms with Crippen molar-refractivity contribution < 1.29 is 19.4 Å². The van der Waals surface area contributed by atoms with Gasteiger partial charge in [0, 0.05) is 13.5 Å². The molecule has 0 atom stereocenters. The highest BCUT2D eigenvalue weighted by atomic mass is 16.6. The van der Waals surface area contributed by atoms with E-state index in [0.717, 1.165) is 0 Å². The van der Waals surface area contributed by atoms with Crippen LogP contribution in [0.4, 0.5) is 0 Å². The lowest BCUT2D eigenvalue weighted by molar-refractivity contribution is -0.134. The summed E-state index contributed by atoms with van der Waals surface area (Å²) in [5.41, 5.74) is 0.394. The molecule has 2 aromatic carbocycles. The summed E-state index contributed by atoms with van der Waals surface area (Å²) in [4.78, 5) is 28.4. The molecule has 7 nitrogen and oxygen atoms in total. The van der Waals surface area contributed by atoms with Crippen LogP contribution in [0.15, 0.2) is 47.3 Å². The molecule has 0 unspecified atom stereocenters. The fourth-order valence-electron chi connectivity index (χ4n) is 2.44. The number of rotatable bonds is 5. The van der Waals surface area contributed by atoms with Gasteiger partial charge in [-0.1, -0.05) is 25.1 Å². The number of hydrogen-bond acceptors (Lipinski definition) is 6. The van der Waals surface area contributed by atoms with Crippen LogP contribution in [-0.4, -0.2) is 20.6 Å². The van der Waals surface area contributed by atoms with Gasteiger partial charge in [-0.25, -0.2) is 4.98 Å². The molecule has 1 aromatic heterocycles. The van der Waals surface area contributed by atoms with Gasteiger partial charge in [0.25, 0.3) is 5.56 Å². The maximum absolute atomic E-state index is 12.4. The molecule has 0 radical (unpaired) electrons. The van der Waals surface area contributed by atoms with E-state index in [1.807, 2.05) is 0 Å². The highest BCUT2D eigenvalue weighted by molar-refractivity contribution is 5.77. The zero-order valence-electron chi connectivity index (χ0n) is 14.4. The molecule has 0 aliphatic carbocycles. The van der Waals surface area contributed by atoms with Crippen molar-refractivity contribution in [3.63, 3.8) is 0 Å². The van der Waals surface area contributed by atoms with Crippen LogP contribution in [0, 0.1) is 0 Å². The van der Waals surface area contributed by atoms with Gasteiger partial charge in [0.1, 0.15) is 12.4 Å². The van der Waals surface area contributed by atoms with Gasteiger partial charge in [-0.2, -0.15) is 0 Å². The second-order valence-corrected chi connectivity index (χ2v) is 5.63. The number of carbonyl (C=O) groups is 1. The number of aromatic hydroxyl groups is 1. The summed E-state index contributed by atoms with van der Waals surface area (Å²) in [5.74, 6) is -0.151. The number of carbonyl (C=O) groups excluding carboxylic acids is 1. The molecule has 1 heterocycles. The molecule has 134 valence electrons. The lowest BCUT2D eigenvalue weighted by Gasteiger charge is -2.14. The predicted molar refractivity (Wildman–Crippen MR) is 95.3 cm³/mol. The topological polar surface area (TPSA) is 90.7 Å². The van der Waals surface area contributed by atoms with Crippen molar-refractivity contribution in [3.8, 4) is 17.2 Å². The molecule has 0 saturated heterocycles. The Kier molecular flexibility index (Phi) is 4.88. The Bertz CT molecular complexity index is 1030. The van der Waals surface area contributed by atoms with E-state index >= 15 is 0 Å². The van der Waals surface area contributed by atoms with Gasteiger partial charge < -0.3 is 14.6 Å². The Hall–Kier alpha value is -3.35. The number of aromatic nitrogens is 2. The maximum atomic E-state index is 12.4. The molecule has 0 aliphatic heterocycles. The maximum Gasteiger partial charge on any atom is 0.311 e. The zero-order valence-corrected chi connectivity index (χ0v) is 14.4. The van der Waals surface area contributed by atoms with Gasteiger partial charge in [0.05, 0.1) is 10.9 Å². The van der Waals surface area contributed by atoms with Crippen LogP contribution < -0.4 is 15.0 Å². The lowest BCUT2D eigenvalue weighted by Crippen LogP contribution is -2.23. The highest BCUT2D eigenvalue weighted by Gasteiger charge is 2.15. The van der Waals surface area contributed by atoms with Crippen LogP contribution >= 0.6 is 0 Å². The molecule has 7 heteroatoms. The van der Waals surface area contributed by atoms with Crippen LogP contribution in [0.3, 0.4) is 0 Å². The van der Waals surface area contributed by atoms with Gasteiger partial charge in [-0.3, -0.25) is 14.2 Å². The molecule has 0 aliphatic rings. The van der Waals surface area contributed by atoms with Crippen LogP contribution in [0.2, 0.25) is 0 Å². The summed E-state index contributed by atoms with van der Waals surface area (Å²) in [6.45, 7) is 1.62. The van der Waals surface area contributed by atoms with E-state index in [1.165, 1.54) is 10.6 Å². The third-order valence-electron chi connectivity index (χ3n) is 3.90. The normalized spacial score (nSPS) is 10.7. The van der Waals surface area contributed by atoms with Gasteiger partial charge in [0.2, 0.25) is 5.75 Å². The number of ether oxygens (including phenoxy) is 2. The van der Waals surface area contributed by atoms with E-state index in [0.29, 0.717) is 16.7 Å². The van der Waals surface area contributed by atoms with Crippen molar-refractivity contribution in [1.29, 1.82) is 0 Å². The van der Waals surface area contributed by atoms with E-state index in [9.17, 15) is 14.7 Å². The Morgan fingerprint density at radius 3 is 2.73 bits per heavy atom. The molecule has 3 aromatic rings. The SMILES string of the molecule is CCC(=O)Oc1c(O)cccc1OCc1nc2ccccc2c(=O)n1C. The molecule has 3 rings (SSSR count). The number of phenolic OH excluding ortho intramolecular Hbond substituents is 1. The number of fused-ring (bicyclic) bond motifs is 1. The number of hydrogen-bond donors (Lipinski definition) is 1. The summed E-state index contributed by atoms with van der Waals surface area (Å²) < 4.78 is 12.2. The summed E-state index contributed by atoms with van der Waals surface area (Å²) in [7, 11) is 1.61. The largest absolute Gasteiger partial charge is 0.504 e. The molecule has 0 amide bonds. The highest BCUT2D eigenvalue weighted by Crippen LogP contribution is 2.36. The summed E-state index contributed by atoms with van der Waals surface area (Å²) >= 11 is 0. The molecule has 0 saturated carbocycles. The number of phenols is 1. The van der Waals surface area contributed by atoms with E-state index in [-0.39, 0.29) is 35.8 Å². The molecular formula is C19H18N2O5. The molecule has 26 heavy (non-hydrogen) atoms. The van der Waals surface area contributed by atoms with Crippen molar-refractivity contribution in [2.45, 2.75) is 20.0 Å². The average Bonchev–Trinajstić information content (AvgIpc) is 2.65. The minimum absolute atomic E-state index is 0.0310. The van der Waals surface area contributed by atoms with E-state index in [1.54, 1.807) is 50.4 Å². The first-order valence-electron chi connectivity index (χ1n) is 8.11. The number of esters is 1. The van der Waals surface area contributed by atoms with Crippen molar-refractivity contribution >= 4 is 16.9 Å². The average molecular weight is 354 g/mol. The van der Waals surface area contributed by atoms with Crippen molar-refractivity contribution in [3.05, 3.63) is 58.6 Å². The first-order chi connectivity index (χ1) is 12.5. The third-order valence-corrected chi connectivity index (χ3v) is 3.90. The third kappa shape index (κ3) is 3.37. The van der Waals surface area contributed by atoms with Gasteiger partial charge in [-0.05, 0) is 24.3 Å². The number of para-hydroxylation sites is 2. The van der Waals surface area contributed by atoms with E-state index < -0.39 is 5.97 Å². The lowest BCUT2D eigenvalue weighted by atomic mass is 10.2. The molecule has 1 N–H and O–H groups in total. The second-order valence-electron chi connectivity index (χ2n) is 5.63. The van der Waals surface area contributed by atoms with Crippen LogP contribution in [0.1, 0.15) is 19.2 Å². The van der Waals surface area contributed by atoms with Crippen molar-refractivity contribution in [1.82, 2.24) is 9.55 Å². The van der Waals surface area contributed by atoms with Crippen LogP contribution in [0.25, 0.3) is 10.9 Å². The van der Waals surface area contributed by atoms with Gasteiger partial charge >= 0.3 is 5.97 Å². The van der Waals surface area contributed by atoms with E-state index in [2.05, 4.69) is 4.98 Å².